The number of carbonyl (C=O) groups excluding carboxylic acids is 10. The highest BCUT2D eigenvalue weighted by Crippen LogP contribution is 2.40. The standard InChI is InChI=1S/C17H26N6O3.C16H26N6O3.C16H26N4O4.C16H27N3O3/c18-23-19-11-4-2-1-3-9-17(21-22-17)10-8-13(24)12-16(26)20-14-6-5-7-15(14)25;17-22-18-10-7-5-3-1-2-4-6-9-16(20-21-16)12-14(23)19-13-8-11-25-15(13)24;17-20-18-10-7-5-3-1-2-4-6-8-13(21)12-15(22)19-14-9-11-24-16(14)23;1-2-3-4-5-6-7-8-10-16(18-19-16)12-14(20)17-13-9-11-22-15(13)21/h14H,1-12H2,(H,20,26);13H,1-12H2,(H,19,23);14H,1-12H2,(H,19,22);13H,2-12H2,1H3,(H,17,20)/t14-;13-;14-;13-/m0000/s1. The minimum absolute atomic E-state index is 0.0553. The number of nitrogens with one attached hydrogen (secondary N) is 4. The van der Waals surface area contributed by atoms with E-state index in [9.17, 15) is 47.9 Å². The van der Waals surface area contributed by atoms with Crippen LogP contribution in [-0.4, -0.2) is 139 Å². The molecule has 4 atom stereocenters. The second-order valence-corrected chi connectivity index (χ2v) is 25.9. The van der Waals surface area contributed by atoms with Crippen LogP contribution in [0, 0.1) is 0 Å². The molecule has 4 fully saturated rings. The fourth-order valence-electron chi connectivity index (χ4n) is 11.6. The van der Waals surface area contributed by atoms with E-state index in [2.05, 4.69) is 89.0 Å². The lowest BCUT2D eigenvalue weighted by Gasteiger charge is -2.12. The maximum Gasteiger partial charge on any atom is 0.328 e. The zero-order valence-corrected chi connectivity index (χ0v) is 57.1. The minimum atomic E-state index is -0.593. The van der Waals surface area contributed by atoms with Gasteiger partial charge in [-0.3, -0.25) is 33.6 Å². The number of cyclic esters (lactones) is 3. The Kier molecular flexibility index (Phi) is 40.2. The van der Waals surface area contributed by atoms with Gasteiger partial charge in [0.05, 0.1) is 51.5 Å². The molecule has 32 nitrogen and oxygen atoms in total. The van der Waals surface area contributed by atoms with E-state index in [0.29, 0.717) is 84.4 Å². The number of nitrogens with zero attached hydrogens (tertiary/aromatic N) is 15. The topological polar surface area (TPSA) is 467 Å². The molecule has 97 heavy (non-hydrogen) atoms. The number of rotatable bonds is 50. The summed E-state index contributed by atoms with van der Waals surface area (Å²) in [4.78, 5) is 125. The van der Waals surface area contributed by atoms with Crippen LogP contribution in [0.25, 0.3) is 31.3 Å². The average Bonchev–Trinajstić information content (AvgIpc) is 1.68. The number of Topliss-reactive ketones (excluding diaryl/α,β-unsaturated/α-hetero) is 3. The first-order chi connectivity index (χ1) is 47.0. The summed E-state index contributed by atoms with van der Waals surface area (Å²) in [5, 5.41) is 45.5. The van der Waals surface area contributed by atoms with Gasteiger partial charge in [0.2, 0.25) is 23.6 Å². The molecule has 3 saturated heterocycles. The van der Waals surface area contributed by atoms with E-state index in [-0.39, 0.29) is 79.1 Å². The predicted molar refractivity (Wildman–Crippen MR) is 355 cm³/mol. The molecule has 0 aromatic heterocycles. The molecular formula is C65H105N19O13. The molecule has 0 aromatic carbocycles. The second-order valence-electron chi connectivity index (χ2n) is 25.9. The molecule has 6 aliphatic heterocycles. The molecule has 538 valence electrons. The number of hydrogen-bond acceptors (Lipinski definition) is 22. The van der Waals surface area contributed by atoms with Crippen molar-refractivity contribution >= 4 is 58.9 Å². The first kappa shape index (κ1) is 81.5. The van der Waals surface area contributed by atoms with E-state index < -0.39 is 53.0 Å². The molecule has 0 aromatic rings. The van der Waals surface area contributed by atoms with E-state index in [1.807, 2.05) is 0 Å². The normalized spacial score (nSPS) is 19.4. The third-order valence-corrected chi connectivity index (χ3v) is 17.5. The number of unbranched alkanes of at least 4 members (excludes halogenated alkanes) is 21. The number of hydrogen-bond donors (Lipinski definition) is 4. The number of carbonyl (C=O) groups is 10. The van der Waals surface area contributed by atoms with Crippen LogP contribution in [0.3, 0.4) is 0 Å². The van der Waals surface area contributed by atoms with Crippen molar-refractivity contribution in [2.45, 2.75) is 311 Å². The summed E-state index contributed by atoms with van der Waals surface area (Å²) in [6.45, 7) is 4.98. The zero-order valence-electron chi connectivity index (χ0n) is 57.1. The van der Waals surface area contributed by atoms with Gasteiger partial charge >= 0.3 is 17.9 Å². The number of esters is 3. The smallest absolute Gasteiger partial charge is 0.328 e. The fourth-order valence-corrected chi connectivity index (χ4v) is 11.6. The Balaban J connectivity index is 0.000000275. The van der Waals surface area contributed by atoms with E-state index >= 15 is 0 Å². The van der Waals surface area contributed by atoms with Crippen LogP contribution in [0.5, 0.6) is 0 Å². The Morgan fingerprint density at radius 3 is 1.08 bits per heavy atom. The molecule has 0 bridgehead atoms. The monoisotopic (exact) mass is 1360 g/mol. The fraction of sp³-hybridized carbons (Fsp3) is 0.846. The van der Waals surface area contributed by atoms with Crippen LogP contribution in [0.4, 0.5) is 0 Å². The molecule has 1 saturated carbocycles. The lowest BCUT2D eigenvalue weighted by molar-refractivity contribution is -0.142. The summed E-state index contributed by atoms with van der Waals surface area (Å²) in [6.07, 6.45) is 34.5. The number of ketones is 3. The van der Waals surface area contributed by atoms with Gasteiger partial charge in [-0.1, -0.05) is 138 Å². The van der Waals surface area contributed by atoms with Gasteiger partial charge in [0.25, 0.3) is 0 Å². The van der Waals surface area contributed by atoms with Gasteiger partial charge < -0.3 is 35.5 Å². The van der Waals surface area contributed by atoms with Gasteiger partial charge in [-0.2, -0.15) is 30.7 Å². The highest BCUT2D eigenvalue weighted by atomic mass is 16.5. The highest BCUT2D eigenvalue weighted by molar-refractivity contribution is 6.00. The minimum Gasteiger partial charge on any atom is -0.464 e. The molecule has 0 radical (unpaired) electrons. The van der Waals surface area contributed by atoms with Gasteiger partial charge in [0.15, 0.2) is 22.8 Å². The molecule has 7 rings (SSSR count). The van der Waals surface area contributed by atoms with Gasteiger partial charge in [-0.15, -0.1) is 0 Å². The molecule has 7 aliphatic rings. The van der Waals surface area contributed by atoms with E-state index in [0.717, 1.165) is 141 Å². The Morgan fingerprint density at radius 1 is 0.412 bits per heavy atom. The Hall–Kier alpha value is -7.97. The van der Waals surface area contributed by atoms with Gasteiger partial charge in [0.1, 0.15) is 29.7 Å². The van der Waals surface area contributed by atoms with E-state index in [1.165, 1.54) is 44.9 Å². The molecule has 32 heteroatoms. The van der Waals surface area contributed by atoms with Crippen molar-refractivity contribution in [1.29, 1.82) is 0 Å². The number of azide groups is 3. The lowest BCUT2D eigenvalue weighted by Crippen LogP contribution is -2.39. The Morgan fingerprint density at radius 2 is 0.742 bits per heavy atom. The lowest BCUT2D eigenvalue weighted by atomic mass is 9.97. The van der Waals surface area contributed by atoms with Crippen molar-refractivity contribution in [2.75, 3.05) is 39.5 Å². The molecule has 0 unspecified atom stereocenters. The van der Waals surface area contributed by atoms with Gasteiger partial charge in [-0.25, -0.2) is 14.4 Å². The van der Waals surface area contributed by atoms with E-state index in [1.54, 1.807) is 0 Å². The van der Waals surface area contributed by atoms with Crippen molar-refractivity contribution < 1.29 is 62.2 Å². The number of ether oxygens (including phenoxy) is 3. The third kappa shape index (κ3) is 37.4. The predicted octanol–water partition coefficient (Wildman–Crippen LogP) is 12.7. The van der Waals surface area contributed by atoms with Crippen molar-refractivity contribution in [1.82, 2.24) is 21.3 Å². The van der Waals surface area contributed by atoms with Crippen LogP contribution in [-0.2, 0) is 62.2 Å². The van der Waals surface area contributed by atoms with Crippen LogP contribution in [0.15, 0.2) is 46.0 Å². The molecular weight excluding hydrogens is 1250 g/mol. The van der Waals surface area contributed by atoms with Gasteiger partial charge in [0, 0.05) is 79.3 Å². The van der Waals surface area contributed by atoms with Crippen LogP contribution in [0.1, 0.15) is 270 Å². The summed E-state index contributed by atoms with van der Waals surface area (Å²) in [5.74, 6) is -2.39. The van der Waals surface area contributed by atoms with Crippen LogP contribution >= 0.6 is 0 Å². The maximum absolute atomic E-state index is 12.0. The first-order valence-electron chi connectivity index (χ1n) is 35.6. The molecule has 1 aliphatic carbocycles. The summed E-state index contributed by atoms with van der Waals surface area (Å²) in [7, 11) is 0. The zero-order chi connectivity index (χ0) is 70.3. The Bertz CT molecular complexity index is 2760. The molecule has 4 amide bonds. The average molecular weight is 1360 g/mol. The summed E-state index contributed by atoms with van der Waals surface area (Å²) in [5.41, 5.74) is 23.0. The van der Waals surface area contributed by atoms with E-state index in [4.69, 9.17) is 30.8 Å². The van der Waals surface area contributed by atoms with Crippen molar-refractivity contribution in [3.8, 4) is 0 Å². The summed E-state index contributed by atoms with van der Waals surface area (Å²) >= 11 is 0. The maximum atomic E-state index is 12.0. The van der Waals surface area contributed by atoms with Crippen LogP contribution in [0.2, 0.25) is 0 Å². The summed E-state index contributed by atoms with van der Waals surface area (Å²) in [6, 6.07) is -2.00. The quantitative estimate of drug-likeness (QED) is 0.00838. The first-order valence-corrected chi connectivity index (χ1v) is 35.6. The number of amides is 4. The third-order valence-electron chi connectivity index (χ3n) is 17.5. The highest BCUT2D eigenvalue weighted by Gasteiger charge is 2.44. The van der Waals surface area contributed by atoms with Crippen LogP contribution < -0.4 is 21.3 Å². The van der Waals surface area contributed by atoms with Crippen molar-refractivity contribution in [3.05, 3.63) is 31.3 Å². The van der Waals surface area contributed by atoms with Crippen molar-refractivity contribution in [3.63, 3.8) is 0 Å². The van der Waals surface area contributed by atoms with Crippen molar-refractivity contribution in [2.24, 2.45) is 46.0 Å². The largest absolute Gasteiger partial charge is 0.464 e. The molecule has 0 spiro atoms. The molecule has 4 N–H and O–H groups in total. The summed E-state index contributed by atoms with van der Waals surface area (Å²) < 4.78 is 14.4. The molecule has 6 heterocycles. The second kappa shape index (κ2) is 47.9. The Labute approximate surface area is 568 Å². The SMILES string of the molecule is CCCCCCCCCC1(CC(=O)N[C@H]2CCOC2=O)N=N1.[N-]=[N+]=NCCCCCCC1(CCC(=O)CC(=O)N[C@H]2CCCC2=O)N=N1.[N-]=[N+]=NCCCCCCCCCC(=O)CC(=O)N[C@H]1CCOC1=O.[N-]=[N+]=NCCCCCCCCCC1(CC(=O)N[C@H]2CCOC2=O)N=N1. The van der Waals surface area contributed by atoms with Gasteiger partial charge in [-0.05, 0) is 93.6 Å².